The van der Waals surface area contributed by atoms with Crippen molar-refractivity contribution in [2.75, 3.05) is 31.4 Å². The van der Waals surface area contributed by atoms with Crippen LogP contribution in [0.25, 0.3) is 0 Å². The van der Waals surface area contributed by atoms with E-state index in [-0.39, 0.29) is 37.0 Å². The number of amides is 2. The molecule has 2 amide bonds. The molecule has 1 N–H and O–H groups in total. The summed E-state index contributed by atoms with van der Waals surface area (Å²) in [6.07, 6.45) is 1.18. The first-order chi connectivity index (χ1) is 12.0. The molecular weight excluding hydrogens is 324 g/mol. The van der Waals surface area contributed by atoms with Gasteiger partial charge in [-0.05, 0) is 32.4 Å². The Bertz CT molecular complexity index is 646. The fourth-order valence-electron chi connectivity index (χ4n) is 2.93. The monoisotopic (exact) mass is 348 g/mol. The maximum absolute atomic E-state index is 12.3. The molecule has 3 rings (SSSR count). The van der Waals surface area contributed by atoms with Crippen LogP contribution < -0.4 is 19.7 Å². The van der Waals surface area contributed by atoms with Crippen molar-refractivity contribution in [1.82, 2.24) is 5.32 Å². The molecule has 0 saturated carbocycles. The van der Waals surface area contributed by atoms with Crippen LogP contribution in [-0.2, 0) is 14.3 Å². The fraction of sp³-hybridized carbons (Fsp3) is 0.556. The van der Waals surface area contributed by atoms with Crippen molar-refractivity contribution in [2.45, 2.75) is 32.8 Å². The van der Waals surface area contributed by atoms with Gasteiger partial charge in [0, 0.05) is 37.9 Å². The Kier molecular flexibility index (Phi) is 5.43. The number of nitrogens with one attached hydrogen (secondary N) is 1. The van der Waals surface area contributed by atoms with Crippen LogP contribution in [0, 0.1) is 5.92 Å². The van der Waals surface area contributed by atoms with Gasteiger partial charge in [0.05, 0.1) is 12.0 Å². The molecule has 1 atom stereocenters. The lowest BCUT2D eigenvalue weighted by Gasteiger charge is -2.17. The van der Waals surface area contributed by atoms with Crippen molar-refractivity contribution in [2.24, 2.45) is 5.92 Å². The molecule has 7 heteroatoms. The van der Waals surface area contributed by atoms with Gasteiger partial charge in [-0.1, -0.05) is 0 Å². The molecule has 0 radical (unpaired) electrons. The van der Waals surface area contributed by atoms with E-state index in [9.17, 15) is 9.59 Å². The average molecular weight is 348 g/mol. The molecule has 1 saturated heterocycles. The van der Waals surface area contributed by atoms with Crippen LogP contribution in [-0.4, -0.2) is 44.4 Å². The van der Waals surface area contributed by atoms with E-state index < -0.39 is 0 Å². The van der Waals surface area contributed by atoms with Gasteiger partial charge in [-0.3, -0.25) is 9.59 Å². The molecule has 7 nitrogen and oxygen atoms in total. The van der Waals surface area contributed by atoms with Gasteiger partial charge in [-0.15, -0.1) is 0 Å². The zero-order valence-electron chi connectivity index (χ0n) is 14.6. The Morgan fingerprint density at radius 2 is 2.16 bits per heavy atom. The lowest BCUT2D eigenvalue weighted by molar-refractivity contribution is -0.126. The van der Waals surface area contributed by atoms with E-state index in [1.54, 1.807) is 17.0 Å². The minimum Gasteiger partial charge on any atom is -0.454 e. The first-order valence-electron chi connectivity index (χ1n) is 8.64. The first kappa shape index (κ1) is 17.5. The number of carbonyl (C=O) groups is 2. The van der Waals surface area contributed by atoms with E-state index in [1.807, 2.05) is 19.9 Å². The van der Waals surface area contributed by atoms with Gasteiger partial charge in [-0.2, -0.15) is 0 Å². The highest BCUT2D eigenvalue weighted by molar-refractivity contribution is 6.00. The Morgan fingerprint density at radius 3 is 2.96 bits per heavy atom. The first-order valence-corrected chi connectivity index (χ1v) is 8.64. The summed E-state index contributed by atoms with van der Waals surface area (Å²) in [6, 6.07) is 5.38. The Hall–Kier alpha value is -2.28. The van der Waals surface area contributed by atoms with E-state index in [0.717, 1.165) is 12.1 Å². The number of rotatable bonds is 7. The van der Waals surface area contributed by atoms with Crippen molar-refractivity contribution in [3.05, 3.63) is 18.2 Å². The number of fused-ring (bicyclic) bond motifs is 1. The van der Waals surface area contributed by atoms with Crippen LogP contribution in [0.5, 0.6) is 11.5 Å². The van der Waals surface area contributed by atoms with Gasteiger partial charge in [0.1, 0.15) is 0 Å². The van der Waals surface area contributed by atoms with Crippen LogP contribution in [0.3, 0.4) is 0 Å². The fourth-order valence-corrected chi connectivity index (χ4v) is 2.93. The SMILES string of the molecule is CC(C)OCCCNC(=O)C1CC(=O)N(c2ccc3c(c2)OCO3)C1. The van der Waals surface area contributed by atoms with Crippen molar-refractivity contribution in [1.29, 1.82) is 0 Å². The van der Waals surface area contributed by atoms with Gasteiger partial charge in [-0.25, -0.2) is 0 Å². The highest BCUT2D eigenvalue weighted by Crippen LogP contribution is 2.37. The van der Waals surface area contributed by atoms with Gasteiger partial charge >= 0.3 is 0 Å². The lowest BCUT2D eigenvalue weighted by Crippen LogP contribution is -2.34. The van der Waals surface area contributed by atoms with Crippen molar-refractivity contribution >= 4 is 17.5 Å². The normalized spacial score (nSPS) is 18.9. The molecule has 2 aliphatic rings. The van der Waals surface area contributed by atoms with E-state index in [1.165, 1.54) is 0 Å². The number of carbonyl (C=O) groups excluding carboxylic acids is 2. The van der Waals surface area contributed by atoms with Crippen LogP contribution in [0.15, 0.2) is 18.2 Å². The van der Waals surface area contributed by atoms with E-state index in [0.29, 0.717) is 31.2 Å². The molecule has 1 aromatic carbocycles. The predicted octanol–water partition coefficient (Wildman–Crippen LogP) is 1.70. The third kappa shape index (κ3) is 4.22. The highest BCUT2D eigenvalue weighted by Gasteiger charge is 2.35. The molecule has 0 aliphatic carbocycles. The summed E-state index contributed by atoms with van der Waals surface area (Å²) < 4.78 is 16.1. The number of hydrogen-bond acceptors (Lipinski definition) is 5. The smallest absolute Gasteiger partial charge is 0.231 e. The molecular formula is C18H24N2O5. The molecule has 0 aromatic heterocycles. The van der Waals surface area contributed by atoms with Crippen molar-refractivity contribution in [3.8, 4) is 11.5 Å². The van der Waals surface area contributed by atoms with Gasteiger partial charge in [0.15, 0.2) is 11.5 Å². The molecule has 1 aromatic rings. The third-order valence-corrected chi connectivity index (χ3v) is 4.24. The minimum absolute atomic E-state index is 0.0536. The standard InChI is InChI=1S/C18H24N2O5/c1-12(2)23-7-3-6-19-18(22)13-8-17(21)20(10-13)14-4-5-15-16(9-14)25-11-24-15/h4-5,9,12-13H,3,6-8,10-11H2,1-2H3,(H,19,22). The third-order valence-electron chi connectivity index (χ3n) is 4.24. The molecule has 1 fully saturated rings. The average Bonchev–Trinajstić information content (AvgIpc) is 3.19. The number of ether oxygens (including phenoxy) is 3. The zero-order chi connectivity index (χ0) is 17.8. The minimum atomic E-state index is -0.330. The van der Waals surface area contributed by atoms with Gasteiger partial charge in [0.2, 0.25) is 18.6 Å². The largest absolute Gasteiger partial charge is 0.454 e. The number of benzene rings is 1. The number of anilines is 1. The van der Waals surface area contributed by atoms with Crippen LogP contribution in [0.4, 0.5) is 5.69 Å². The summed E-state index contributed by atoms with van der Waals surface area (Å²) in [6.45, 7) is 5.71. The molecule has 0 spiro atoms. The van der Waals surface area contributed by atoms with E-state index in [4.69, 9.17) is 14.2 Å². The molecule has 2 heterocycles. The summed E-state index contributed by atoms with van der Waals surface area (Å²) in [4.78, 5) is 26.2. The summed E-state index contributed by atoms with van der Waals surface area (Å²) in [5.74, 6) is 0.837. The quantitative estimate of drug-likeness (QED) is 0.759. The lowest BCUT2D eigenvalue weighted by atomic mass is 10.1. The van der Waals surface area contributed by atoms with Crippen molar-refractivity contribution in [3.63, 3.8) is 0 Å². The Balaban J connectivity index is 1.51. The second-order valence-electron chi connectivity index (χ2n) is 6.51. The Morgan fingerprint density at radius 1 is 1.36 bits per heavy atom. The molecule has 2 aliphatic heterocycles. The summed E-state index contributed by atoms with van der Waals surface area (Å²) >= 11 is 0. The van der Waals surface area contributed by atoms with E-state index in [2.05, 4.69) is 5.32 Å². The predicted molar refractivity (Wildman–Crippen MR) is 91.7 cm³/mol. The van der Waals surface area contributed by atoms with Crippen LogP contribution in [0.2, 0.25) is 0 Å². The summed E-state index contributed by atoms with van der Waals surface area (Å²) in [5, 5.41) is 2.89. The van der Waals surface area contributed by atoms with Crippen LogP contribution >= 0.6 is 0 Å². The van der Waals surface area contributed by atoms with Gasteiger partial charge < -0.3 is 24.4 Å². The molecule has 25 heavy (non-hydrogen) atoms. The summed E-state index contributed by atoms with van der Waals surface area (Å²) in [7, 11) is 0. The van der Waals surface area contributed by atoms with E-state index >= 15 is 0 Å². The van der Waals surface area contributed by atoms with Gasteiger partial charge in [0.25, 0.3) is 0 Å². The highest BCUT2D eigenvalue weighted by atomic mass is 16.7. The molecule has 1 unspecified atom stereocenters. The van der Waals surface area contributed by atoms with Crippen LogP contribution in [0.1, 0.15) is 26.7 Å². The van der Waals surface area contributed by atoms with Crippen molar-refractivity contribution < 1.29 is 23.8 Å². The second kappa shape index (κ2) is 7.74. The topological polar surface area (TPSA) is 77.1 Å². The Labute approximate surface area is 147 Å². The molecule has 136 valence electrons. The number of nitrogens with zero attached hydrogens (tertiary/aromatic N) is 1. The zero-order valence-corrected chi connectivity index (χ0v) is 14.6. The molecule has 0 bridgehead atoms. The second-order valence-corrected chi connectivity index (χ2v) is 6.51. The summed E-state index contributed by atoms with van der Waals surface area (Å²) in [5.41, 5.74) is 0.731. The number of hydrogen-bond donors (Lipinski definition) is 1. The maximum Gasteiger partial charge on any atom is 0.231 e. The maximum atomic E-state index is 12.3.